The number of aliphatic hydroxyl groups is 1. The van der Waals surface area contributed by atoms with Crippen molar-refractivity contribution in [2.24, 2.45) is 0 Å². The van der Waals surface area contributed by atoms with E-state index < -0.39 is 0 Å². The monoisotopic (exact) mass is 222 g/mol. The Labute approximate surface area is 70.2 Å². The van der Waals surface area contributed by atoms with Gasteiger partial charge in [0.25, 0.3) is 0 Å². The minimum atomic E-state index is 0. The van der Waals surface area contributed by atoms with Gasteiger partial charge in [-0.3, -0.25) is 13.6 Å². The summed E-state index contributed by atoms with van der Waals surface area (Å²) in [6.45, 7) is 6.50. The Morgan fingerprint density at radius 2 is 0.889 bits per heavy atom. The maximum absolute atomic E-state index is 7.75. The molecule has 0 saturated carbocycles. The van der Waals surface area contributed by atoms with Gasteiger partial charge in [0.2, 0.25) is 0 Å². The standard InChI is InChI=1S/CH4O.2CHO.2CH3.Ru/c3*1-2;;;/h2H,1H3;2*1H;2*1H3;/q;4*-1;+4. The summed E-state index contributed by atoms with van der Waals surface area (Å²) in [6.07, 6.45) is 0. The molecule has 4 heteroatoms. The van der Waals surface area contributed by atoms with Gasteiger partial charge in [-0.25, -0.2) is 0 Å². The number of carbonyl (C=O) groups excluding carboxylic acids is 2. The molecular weight excluding hydrogens is 209 g/mol. The molecule has 0 spiro atoms. The smallest absolute Gasteiger partial charge is 0.545 e. The molecule has 0 rings (SSSR count). The first kappa shape index (κ1) is 65.6. The number of hydrogen-bond donors (Lipinski definition) is 1. The first-order valence-electron chi connectivity index (χ1n) is 0.919. The molecule has 0 heterocycles. The summed E-state index contributed by atoms with van der Waals surface area (Å²) in [7, 11) is 1.00. The topological polar surface area (TPSA) is 54.4 Å². The van der Waals surface area contributed by atoms with Gasteiger partial charge in [-0.05, 0) is 0 Å². The van der Waals surface area contributed by atoms with Gasteiger partial charge in [-0.15, -0.1) is 0 Å². The number of aliphatic hydroxyl groups excluding tert-OH is 1. The second-order valence-electron chi connectivity index (χ2n) is 0. The SMILES string of the molecule is CO.[CH-]=O.[CH-]=O.[CH3-].[CH3-].[Ru+4]. The van der Waals surface area contributed by atoms with Gasteiger partial charge in [0.15, 0.2) is 0 Å². The van der Waals surface area contributed by atoms with Crippen LogP contribution in [0.1, 0.15) is 0 Å². The van der Waals surface area contributed by atoms with Crippen molar-refractivity contribution in [1.82, 2.24) is 0 Å². The summed E-state index contributed by atoms with van der Waals surface area (Å²) >= 11 is 0. The van der Waals surface area contributed by atoms with Crippen LogP contribution in [0.15, 0.2) is 0 Å². The minimum absolute atomic E-state index is 0. The molecule has 0 unspecified atom stereocenters. The molecule has 0 aromatic rings. The second kappa shape index (κ2) is 64700. The zero-order chi connectivity index (χ0) is 6.00. The van der Waals surface area contributed by atoms with Crippen molar-refractivity contribution in [2.75, 3.05) is 7.11 Å². The quantitative estimate of drug-likeness (QED) is 0.355. The second-order valence-corrected chi connectivity index (χ2v) is 0. The summed E-state index contributed by atoms with van der Waals surface area (Å²) in [5, 5.41) is 7.00. The van der Waals surface area contributed by atoms with Crippen LogP contribution in [0, 0.1) is 14.9 Å². The van der Waals surface area contributed by atoms with E-state index in [9.17, 15) is 0 Å². The summed E-state index contributed by atoms with van der Waals surface area (Å²) in [6, 6.07) is 0. The van der Waals surface area contributed by atoms with Crippen LogP contribution in [0.4, 0.5) is 0 Å². The average molecular weight is 221 g/mol. The van der Waals surface area contributed by atoms with E-state index in [1.54, 1.807) is 0 Å². The van der Waals surface area contributed by atoms with Crippen LogP contribution in [-0.2, 0) is 29.1 Å². The van der Waals surface area contributed by atoms with Crippen LogP contribution >= 0.6 is 0 Å². The summed E-state index contributed by atoms with van der Waals surface area (Å²) in [5.74, 6) is 0. The molecule has 0 bridgehead atoms. The van der Waals surface area contributed by atoms with Crippen molar-refractivity contribution in [2.45, 2.75) is 0 Å². The largest absolute Gasteiger partial charge is 4.00 e. The van der Waals surface area contributed by atoms with Crippen molar-refractivity contribution in [3.05, 3.63) is 14.9 Å². The molecule has 3 nitrogen and oxygen atoms in total. The Morgan fingerprint density at radius 3 is 0.889 bits per heavy atom. The molecule has 0 saturated heterocycles. The third-order valence-electron chi connectivity index (χ3n) is 0. The van der Waals surface area contributed by atoms with Crippen molar-refractivity contribution < 1.29 is 34.2 Å². The van der Waals surface area contributed by atoms with Gasteiger partial charge < -0.3 is 29.5 Å². The van der Waals surface area contributed by atoms with Gasteiger partial charge in [-0.1, -0.05) is 0 Å². The Balaban J connectivity index is -0.00000000321. The first-order valence-corrected chi connectivity index (χ1v) is 0.919. The molecule has 0 amide bonds. The van der Waals surface area contributed by atoms with E-state index in [-0.39, 0.29) is 34.3 Å². The minimum Gasteiger partial charge on any atom is -0.545 e. The molecule has 0 aliphatic carbocycles. The normalized spacial score (nSPS) is 1.56. The predicted octanol–water partition coefficient (Wildman–Crippen LogP) is -0.0416. The van der Waals surface area contributed by atoms with E-state index in [1.807, 2.05) is 0 Å². The van der Waals surface area contributed by atoms with Gasteiger partial charge >= 0.3 is 19.5 Å². The molecular formula is C5H12O3Ru. The first-order chi connectivity index (χ1) is 3.00. The van der Waals surface area contributed by atoms with E-state index in [2.05, 4.69) is 13.6 Å². The Bertz CT molecular complexity index is 14.2. The number of hydrogen-bond acceptors (Lipinski definition) is 3. The molecule has 58 valence electrons. The van der Waals surface area contributed by atoms with Crippen molar-refractivity contribution >= 4 is 13.6 Å². The summed E-state index contributed by atoms with van der Waals surface area (Å²) < 4.78 is 0. The Hall–Kier alpha value is -0.0766. The zero-order valence-electron chi connectivity index (χ0n) is 5.77. The fourth-order valence-electron chi connectivity index (χ4n) is 0. The molecule has 0 radical (unpaired) electrons. The third kappa shape index (κ3) is 47400. The van der Waals surface area contributed by atoms with E-state index >= 15 is 0 Å². The molecule has 0 aromatic heterocycles. The van der Waals surface area contributed by atoms with Crippen LogP contribution in [0.5, 0.6) is 0 Å². The summed E-state index contributed by atoms with van der Waals surface area (Å²) in [4.78, 5) is 15.5. The molecule has 0 aromatic carbocycles. The van der Waals surface area contributed by atoms with Gasteiger partial charge in [0, 0.05) is 7.11 Å². The van der Waals surface area contributed by atoms with Gasteiger partial charge in [0.05, 0.1) is 0 Å². The molecule has 0 aliphatic rings. The third-order valence-corrected chi connectivity index (χ3v) is 0. The number of rotatable bonds is 0. The Kier molecular flexibility index (Phi) is 471000. The summed E-state index contributed by atoms with van der Waals surface area (Å²) in [5.41, 5.74) is 0. The van der Waals surface area contributed by atoms with Gasteiger partial charge in [-0.2, -0.15) is 0 Å². The molecule has 0 atom stereocenters. The zero-order valence-corrected chi connectivity index (χ0v) is 7.51. The van der Waals surface area contributed by atoms with Crippen LogP contribution in [0.25, 0.3) is 0 Å². The van der Waals surface area contributed by atoms with E-state index in [0.717, 1.165) is 7.11 Å². The molecule has 1 N–H and O–H groups in total. The van der Waals surface area contributed by atoms with Crippen LogP contribution in [0.3, 0.4) is 0 Å². The fourth-order valence-corrected chi connectivity index (χ4v) is 0. The van der Waals surface area contributed by atoms with Gasteiger partial charge in [0.1, 0.15) is 0 Å². The van der Waals surface area contributed by atoms with Crippen molar-refractivity contribution in [1.29, 1.82) is 0 Å². The van der Waals surface area contributed by atoms with Crippen molar-refractivity contribution in [3.63, 3.8) is 0 Å². The maximum atomic E-state index is 7.75. The Morgan fingerprint density at radius 1 is 0.889 bits per heavy atom. The maximum Gasteiger partial charge on any atom is 4.00 e. The molecule has 0 aliphatic heterocycles. The van der Waals surface area contributed by atoms with Crippen LogP contribution in [0.2, 0.25) is 0 Å². The van der Waals surface area contributed by atoms with E-state index in [1.165, 1.54) is 0 Å². The van der Waals surface area contributed by atoms with Crippen LogP contribution in [-0.4, -0.2) is 25.8 Å². The molecule has 0 fully saturated rings. The van der Waals surface area contributed by atoms with Crippen molar-refractivity contribution in [3.8, 4) is 0 Å². The van der Waals surface area contributed by atoms with Crippen LogP contribution < -0.4 is 0 Å². The van der Waals surface area contributed by atoms with E-state index in [4.69, 9.17) is 14.7 Å². The molecule has 9 heavy (non-hydrogen) atoms. The fraction of sp³-hybridized carbons (Fsp3) is 0.200. The van der Waals surface area contributed by atoms with E-state index in [0.29, 0.717) is 0 Å². The average Bonchev–Trinajstić information content (AvgIpc) is 1.81. The predicted molar refractivity (Wildman–Crippen MR) is 34.5 cm³/mol.